The molecule has 3 aromatic rings. The van der Waals surface area contributed by atoms with Crippen LogP contribution in [0.1, 0.15) is 19.4 Å². The zero-order valence-electron chi connectivity index (χ0n) is 14.1. The van der Waals surface area contributed by atoms with E-state index >= 15 is 0 Å². The van der Waals surface area contributed by atoms with Crippen LogP contribution in [0.3, 0.4) is 0 Å². The Bertz CT molecular complexity index is 910. The zero-order chi connectivity index (χ0) is 17.2. The van der Waals surface area contributed by atoms with Crippen LogP contribution in [0.25, 0.3) is 21.5 Å². The first-order valence-corrected chi connectivity index (χ1v) is 9.53. The van der Waals surface area contributed by atoms with Gasteiger partial charge in [0.1, 0.15) is 5.75 Å². The van der Waals surface area contributed by atoms with Crippen LogP contribution in [0, 0.1) is 6.92 Å². The lowest BCUT2D eigenvalue weighted by Gasteiger charge is -2.19. The van der Waals surface area contributed by atoms with Crippen molar-refractivity contribution in [2.75, 3.05) is 13.2 Å². The van der Waals surface area contributed by atoms with Crippen LogP contribution < -0.4 is 4.52 Å². The van der Waals surface area contributed by atoms with Gasteiger partial charge in [-0.05, 0) is 60.7 Å². The molecule has 0 N–H and O–H groups in total. The van der Waals surface area contributed by atoms with Crippen LogP contribution in [0.2, 0.25) is 0 Å². The van der Waals surface area contributed by atoms with E-state index in [4.69, 9.17) is 13.6 Å². The van der Waals surface area contributed by atoms with Gasteiger partial charge in [0.2, 0.25) is 0 Å². The zero-order valence-corrected chi connectivity index (χ0v) is 15.0. The van der Waals surface area contributed by atoms with Crippen molar-refractivity contribution in [1.82, 2.24) is 0 Å². The van der Waals surface area contributed by atoms with Crippen molar-refractivity contribution in [2.45, 2.75) is 20.8 Å². The summed E-state index contributed by atoms with van der Waals surface area (Å²) >= 11 is 0. The smallest absolute Gasteiger partial charge is 0.403 e. The second-order valence-electron chi connectivity index (χ2n) is 5.50. The Morgan fingerprint density at radius 2 is 1.46 bits per heavy atom. The average molecular weight is 344 g/mol. The van der Waals surface area contributed by atoms with Crippen molar-refractivity contribution in [1.29, 1.82) is 0 Å². The van der Waals surface area contributed by atoms with Gasteiger partial charge in [0, 0.05) is 5.39 Å². The molecular formula is C19H21O4P. The van der Waals surface area contributed by atoms with Gasteiger partial charge < -0.3 is 4.52 Å². The fourth-order valence-corrected chi connectivity index (χ4v) is 3.97. The lowest BCUT2D eigenvalue weighted by atomic mass is 10.00. The van der Waals surface area contributed by atoms with Crippen molar-refractivity contribution in [2.24, 2.45) is 0 Å². The molecule has 0 amide bonds. The Balaban J connectivity index is 2.15. The minimum atomic E-state index is -3.62. The predicted octanol–water partition coefficient (Wildman–Crippen LogP) is 5.86. The van der Waals surface area contributed by atoms with Crippen LogP contribution in [-0.4, -0.2) is 13.2 Å². The van der Waals surface area contributed by atoms with E-state index in [1.807, 2.05) is 37.3 Å². The standard InChI is InChI=1S/C19H21O4P/c1-4-21-24(20,22-5-2)23-19-11-10-14(3)17-12-15-8-6-7-9-16(15)13-18(17)19/h6-13H,4-5H2,1-3H3. The highest BCUT2D eigenvalue weighted by Crippen LogP contribution is 2.51. The Labute approximate surface area is 142 Å². The molecule has 0 aliphatic heterocycles. The maximum atomic E-state index is 12.7. The second-order valence-corrected chi connectivity index (χ2v) is 7.09. The molecule has 0 spiro atoms. The number of phosphoric acid groups is 1. The number of hydrogen-bond acceptors (Lipinski definition) is 4. The van der Waals surface area contributed by atoms with Crippen LogP contribution in [0.4, 0.5) is 0 Å². The van der Waals surface area contributed by atoms with Gasteiger partial charge in [0.05, 0.1) is 13.2 Å². The summed E-state index contributed by atoms with van der Waals surface area (Å²) in [6, 6.07) is 16.1. The van der Waals surface area contributed by atoms with E-state index in [-0.39, 0.29) is 13.2 Å². The number of phosphoric ester groups is 1. The van der Waals surface area contributed by atoms with E-state index in [1.165, 1.54) is 0 Å². The molecule has 0 fully saturated rings. The molecule has 4 nitrogen and oxygen atoms in total. The van der Waals surface area contributed by atoms with Gasteiger partial charge in [0.25, 0.3) is 0 Å². The molecule has 0 aliphatic rings. The Hall–Kier alpha value is -1.87. The third-order valence-electron chi connectivity index (χ3n) is 3.85. The Morgan fingerprint density at radius 1 is 0.875 bits per heavy atom. The molecule has 5 heteroatoms. The van der Waals surface area contributed by atoms with Gasteiger partial charge in [-0.15, -0.1) is 0 Å². The van der Waals surface area contributed by atoms with E-state index < -0.39 is 7.82 Å². The number of fused-ring (bicyclic) bond motifs is 2. The molecule has 0 aromatic heterocycles. The quantitative estimate of drug-likeness (QED) is 0.415. The molecule has 0 bridgehead atoms. The largest absolute Gasteiger partial charge is 0.530 e. The highest BCUT2D eigenvalue weighted by atomic mass is 31.2. The minimum absolute atomic E-state index is 0.254. The summed E-state index contributed by atoms with van der Waals surface area (Å²) in [6.45, 7) is 6.07. The molecule has 0 aliphatic carbocycles. The first kappa shape index (κ1) is 17.0. The number of hydrogen-bond donors (Lipinski definition) is 0. The highest BCUT2D eigenvalue weighted by Gasteiger charge is 2.28. The fourth-order valence-electron chi connectivity index (χ4n) is 2.76. The van der Waals surface area contributed by atoms with E-state index in [1.54, 1.807) is 13.8 Å². The van der Waals surface area contributed by atoms with Gasteiger partial charge in [0.15, 0.2) is 0 Å². The van der Waals surface area contributed by atoms with E-state index in [9.17, 15) is 4.57 Å². The maximum absolute atomic E-state index is 12.7. The summed E-state index contributed by atoms with van der Waals surface area (Å²) in [6.07, 6.45) is 0. The maximum Gasteiger partial charge on any atom is 0.530 e. The molecule has 0 radical (unpaired) electrons. The number of aryl methyl sites for hydroxylation is 1. The molecule has 3 rings (SSSR count). The molecular weight excluding hydrogens is 323 g/mol. The lowest BCUT2D eigenvalue weighted by Crippen LogP contribution is -2.02. The SMILES string of the molecule is CCOP(=O)(OCC)Oc1ccc(C)c2cc3ccccc3cc12. The van der Waals surface area contributed by atoms with Crippen LogP contribution in [0.15, 0.2) is 48.5 Å². The minimum Gasteiger partial charge on any atom is -0.403 e. The van der Waals surface area contributed by atoms with Crippen molar-refractivity contribution in [3.05, 3.63) is 54.1 Å². The number of benzene rings is 3. The fraction of sp³-hybridized carbons (Fsp3) is 0.263. The van der Waals surface area contributed by atoms with E-state index in [2.05, 4.69) is 18.2 Å². The van der Waals surface area contributed by atoms with Crippen molar-refractivity contribution in [3.63, 3.8) is 0 Å². The van der Waals surface area contributed by atoms with Crippen molar-refractivity contribution in [3.8, 4) is 5.75 Å². The van der Waals surface area contributed by atoms with Crippen LogP contribution in [-0.2, 0) is 13.6 Å². The van der Waals surface area contributed by atoms with E-state index in [0.717, 1.165) is 27.1 Å². The van der Waals surface area contributed by atoms with Crippen LogP contribution in [0.5, 0.6) is 5.75 Å². The van der Waals surface area contributed by atoms with Gasteiger partial charge in [-0.3, -0.25) is 9.05 Å². The summed E-state index contributed by atoms with van der Waals surface area (Å²) in [5.41, 5.74) is 1.13. The molecule has 0 saturated heterocycles. The first-order chi connectivity index (χ1) is 11.6. The topological polar surface area (TPSA) is 44.8 Å². The van der Waals surface area contributed by atoms with Crippen LogP contribution >= 0.6 is 7.82 Å². The molecule has 0 unspecified atom stereocenters. The monoisotopic (exact) mass is 344 g/mol. The highest BCUT2D eigenvalue weighted by molar-refractivity contribution is 7.48. The van der Waals surface area contributed by atoms with Gasteiger partial charge in [-0.1, -0.05) is 30.3 Å². The molecule has 24 heavy (non-hydrogen) atoms. The van der Waals surface area contributed by atoms with Crippen molar-refractivity contribution < 1.29 is 18.1 Å². The third kappa shape index (κ3) is 3.32. The van der Waals surface area contributed by atoms with Gasteiger partial charge in [-0.25, -0.2) is 4.57 Å². The molecule has 0 heterocycles. The molecule has 3 aromatic carbocycles. The first-order valence-electron chi connectivity index (χ1n) is 8.07. The Kier molecular flexibility index (Phi) is 4.91. The van der Waals surface area contributed by atoms with Crippen molar-refractivity contribution >= 4 is 29.4 Å². The second kappa shape index (κ2) is 6.94. The summed E-state index contributed by atoms with van der Waals surface area (Å²) in [4.78, 5) is 0. The third-order valence-corrected chi connectivity index (χ3v) is 5.41. The average Bonchev–Trinajstić information content (AvgIpc) is 2.57. The normalized spacial score (nSPS) is 12.0. The lowest BCUT2D eigenvalue weighted by molar-refractivity contribution is 0.168. The predicted molar refractivity (Wildman–Crippen MR) is 97.7 cm³/mol. The molecule has 0 saturated carbocycles. The summed E-state index contributed by atoms with van der Waals surface area (Å²) in [7, 11) is -3.62. The summed E-state index contributed by atoms with van der Waals surface area (Å²) in [5.74, 6) is 0.506. The molecule has 126 valence electrons. The summed E-state index contributed by atoms with van der Waals surface area (Å²) < 4.78 is 28.9. The molecule has 0 atom stereocenters. The summed E-state index contributed by atoms with van der Waals surface area (Å²) in [5, 5.41) is 4.21. The van der Waals surface area contributed by atoms with E-state index in [0.29, 0.717) is 5.75 Å². The van der Waals surface area contributed by atoms with Gasteiger partial charge >= 0.3 is 7.82 Å². The van der Waals surface area contributed by atoms with Gasteiger partial charge in [-0.2, -0.15) is 0 Å². The Morgan fingerprint density at radius 3 is 2.04 bits per heavy atom. The number of rotatable bonds is 6.